The number of Topliss-reactive ketones (excluding diaryl/α,β-unsaturated/α-hetero) is 1. The monoisotopic (exact) mass is 297 g/mol. The fourth-order valence-corrected chi connectivity index (χ4v) is 1.88. The Balaban J connectivity index is 4.63. The summed E-state index contributed by atoms with van der Waals surface area (Å²) in [5.74, 6) is -0.430. The molecule has 2 N–H and O–H groups in total. The van der Waals surface area contributed by atoms with Crippen LogP contribution in [0.1, 0.15) is 27.7 Å². The van der Waals surface area contributed by atoms with Crippen molar-refractivity contribution in [2.75, 3.05) is 13.6 Å². The van der Waals surface area contributed by atoms with Crippen molar-refractivity contribution in [3.63, 3.8) is 0 Å². The smallest absolute Gasteiger partial charge is 0.244 e. The van der Waals surface area contributed by atoms with Crippen LogP contribution >= 0.6 is 0 Å². The first-order chi connectivity index (χ1) is 9.63. The number of hydroxylamine groups is 2. The summed E-state index contributed by atoms with van der Waals surface area (Å²) >= 11 is 0. The number of nitrogens with zero attached hydrogens (tertiary/aromatic N) is 2. The van der Waals surface area contributed by atoms with Crippen molar-refractivity contribution in [2.45, 2.75) is 39.8 Å². The number of hydrogen-bond acceptors (Lipinski definition) is 5. The molecule has 0 saturated heterocycles. The van der Waals surface area contributed by atoms with Gasteiger partial charge in [0.1, 0.15) is 12.1 Å². The zero-order chi connectivity index (χ0) is 16.7. The van der Waals surface area contributed by atoms with Gasteiger partial charge in [0, 0.05) is 13.0 Å². The summed E-state index contributed by atoms with van der Waals surface area (Å²) in [5.41, 5.74) is 0.290. The highest BCUT2D eigenvalue weighted by Crippen LogP contribution is 2.11. The lowest BCUT2D eigenvalue weighted by molar-refractivity contribution is -0.144. The third-order valence-corrected chi connectivity index (χ3v) is 3.21. The second-order valence-corrected chi connectivity index (χ2v) is 5.43. The Labute approximate surface area is 127 Å². The first-order valence-electron chi connectivity index (χ1n) is 6.95. The summed E-state index contributed by atoms with van der Waals surface area (Å²) < 4.78 is 0. The third kappa shape index (κ3) is 5.59. The number of likely N-dealkylation sites (N-methyl/N-ethyl adjacent to an activating group) is 1. The van der Waals surface area contributed by atoms with Crippen LogP contribution in [-0.2, 0) is 9.59 Å². The second kappa shape index (κ2) is 8.46. The van der Waals surface area contributed by atoms with E-state index in [9.17, 15) is 14.8 Å². The average molecular weight is 297 g/mol. The van der Waals surface area contributed by atoms with Crippen LogP contribution in [0.5, 0.6) is 0 Å². The van der Waals surface area contributed by atoms with Crippen molar-refractivity contribution in [1.82, 2.24) is 15.3 Å². The summed E-state index contributed by atoms with van der Waals surface area (Å²) in [6.07, 6.45) is 1.45. The van der Waals surface area contributed by atoms with Crippen molar-refractivity contribution in [1.29, 1.82) is 0 Å². The lowest BCUT2D eigenvalue weighted by atomic mass is 10.0. The molecule has 6 nitrogen and oxygen atoms in total. The zero-order valence-electron chi connectivity index (χ0n) is 13.6. The second-order valence-electron chi connectivity index (χ2n) is 5.43. The van der Waals surface area contributed by atoms with Crippen molar-refractivity contribution < 1.29 is 14.8 Å². The van der Waals surface area contributed by atoms with Crippen LogP contribution in [0.2, 0.25) is 0 Å². The van der Waals surface area contributed by atoms with Crippen LogP contribution < -0.4 is 5.32 Å². The van der Waals surface area contributed by atoms with E-state index in [1.54, 1.807) is 34.7 Å². The number of hydrogen-bond donors (Lipinski definition) is 2. The number of carbonyl (C=O) groups excluding carboxylic acids is 2. The number of rotatable bonds is 9. The van der Waals surface area contributed by atoms with Crippen molar-refractivity contribution in [3.05, 3.63) is 25.1 Å². The molecule has 0 radical (unpaired) electrons. The minimum Gasteiger partial charge on any atom is -0.380 e. The molecule has 0 fully saturated rings. The average Bonchev–Trinajstić information content (AvgIpc) is 2.43. The van der Waals surface area contributed by atoms with Crippen LogP contribution in [0, 0.1) is 5.92 Å². The van der Waals surface area contributed by atoms with Crippen molar-refractivity contribution in [2.24, 2.45) is 5.92 Å². The largest absolute Gasteiger partial charge is 0.380 e. The maximum absolute atomic E-state index is 12.0. The molecule has 0 aliphatic heterocycles. The van der Waals surface area contributed by atoms with Gasteiger partial charge in [0.2, 0.25) is 5.91 Å². The van der Waals surface area contributed by atoms with Gasteiger partial charge in [0.15, 0.2) is 5.78 Å². The van der Waals surface area contributed by atoms with Gasteiger partial charge in [-0.05, 0) is 20.0 Å². The SMILES string of the molecule is C=CNC(C)C(=O)N(C)CC(=C)N(O)C(C)C(=O)C(C)C. The van der Waals surface area contributed by atoms with Crippen LogP contribution in [0.25, 0.3) is 0 Å². The molecule has 0 spiro atoms. The number of carbonyl (C=O) groups is 2. The fourth-order valence-electron chi connectivity index (χ4n) is 1.88. The molecular weight excluding hydrogens is 270 g/mol. The van der Waals surface area contributed by atoms with Gasteiger partial charge in [-0.2, -0.15) is 0 Å². The first-order valence-corrected chi connectivity index (χ1v) is 6.95. The maximum atomic E-state index is 12.0. The molecule has 0 aromatic heterocycles. The highest BCUT2D eigenvalue weighted by atomic mass is 16.5. The predicted octanol–water partition coefficient (Wildman–Crippen LogP) is 1.38. The van der Waals surface area contributed by atoms with E-state index in [1.807, 2.05) is 0 Å². The van der Waals surface area contributed by atoms with Gasteiger partial charge in [-0.3, -0.25) is 14.8 Å². The Morgan fingerprint density at radius 3 is 2.24 bits per heavy atom. The molecule has 2 unspecified atom stereocenters. The molecule has 2 atom stereocenters. The topological polar surface area (TPSA) is 72.9 Å². The molecule has 21 heavy (non-hydrogen) atoms. The van der Waals surface area contributed by atoms with E-state index in [1.165, 1.54) is 11.1 Å². The molecule has 0 aliphatic carbocycles. The van der Waals surface area contributed by atoms with Crippen LogP contribution in [0.15, 0.2) is 25.1 Å². The van der Waals surface area contributed by atoms with E-state index in [-0.39, 0.29) is 29.9 Å². The van der Waals surface area contributed by atoms with E-state index in [4.69, 9.17) is 0 Å². The minimum atomic E-state index is -0.690. The predicted molar refractivity (Wildman–Crippen MR) is 82.5 cm³/mol. The molecule has 6 heteroatoms. The molecule has 0 bridgehead atoms. The Morgan fingerprint density at radius 1 is 1.29 bits per heavy atom. The van der Waals surface area contributed by atoms with E-state index >= 15 is 0 Å². The minimum absolute atomic E-state index is 0.0886. The normalized spacial score (nSPS) is 13.3. The Bertz CT molecular complexity index is 407. The van der Waals surface area contributed by atoms with Gasteiger partial charge >= 0.3 is 0 Å². The van der Waals surface area contributed by atoms with Crippen molar-refractivity contribution in [3.8, 4) is 0 Å². The fraction of sp³-hybridized carbons (Fsp3) is 0.600. The summed E-state index contributed by atoms with van der Waals surface area (Å²) in [6.45, 7) is 14.2. The summed E-state index contributed by atoms with van der Waals surface area (Å²) in [4.78, 5) is 25.3. The summed E-state index contributed by atoms with van der Waals surface area (Å²) in [6, 6.07) is -1.10. The van der Waals surface area contributed by atoms with Gasteiger partial charge in [-0.15, -0.1) is 0 Å². The molecule has 0 heterocycles. The van der Waals surface area contributed by atoms with Crippen LogP contribution in [0.4, 0.5) is 0 Å². The maximum Gasteiger partial charge on any atom is 0.244 e. The summed E-state index contributed by atoms with van der Waals surface area (Å²) in [5, 5.41) is 13.6. The first kappa shape index (κ1) is 19.2. The Morgan fingerprint density at radius 2 is 1.81 bits per heavy atom. The van der Waals surface area contributed by atoms with Gasteiger partial charge in [0.25, 0.3) is 0 Å². The van der Waals surface area contributed by atoms with E-state index in [2.05, 4.69) is 18.5 Å². The molecule has 0 saturated carbocycles. The Kier molecular flexibility index (Phi) is 7.73. The molecular formula is C15H27N3O3. The zero-order valence-corrected chi connectivity index (χ0v) is 13.6. The lowest BCUT2D eigenvalue weighted by Gasteiger charge is -2.29. The molecule has 0 aliphatic rings. The number of nitrogens with one attached hydrogen (secondary N) is 1. The third-order valence-electron chi connectivity index (χ3n) is 3.21. The van der Waals surface area contributed by atoms with Crippen molar-refractivity contribution >= 4 is 11.7 Å². The van der Waals surface area contributed by atoms with E-state index < -0.39 is 12.1 Å². The quantitative estimate of drug-likeness (QED) is 0.629. The molecule has 0 rings (SSSR count). The molecule has 1 amide bonds. The van der Waals surface area contributed by atoms with Crippen LogP contribution in [-0.4, -0.2) is 52.5 Å². The van der Waals surface area contributed by atoms with Gasteiger partial charge in [-0.25, -0.2) is 5.06 Å². The Hall–Kier alpha value is -1.82. The van der Waals surface area contributed by atoms with Gasteiger partial charge < -0.3 is 10.2 Å². The number of amides is 1. The lowest BCUT2D eigenvalue weighted by Crippen LogP contribution is -2.45. The van der Waals surface area contributed by atoms with E-state index in [0.717, 1.165) is 5.06 Å². The standard InChI is InChI=1S/C15H27N3O3/c1-8-16-12(5)15(20)17(7)9-11(4)18(21)13(6)14(19)10(2)3/h8,10,12-13,16,21H,1,4,9H2,2-3,5-7H3. The number of ketones is 1. The van der Waals surface area contributed by atoms with Gasteiger partial charge in [-0.1, -0.05) is 27.0 Å². The highest BCUT2D eigenvalue weighted by Gasteiger charge is 2.25. The molecule has 120 valence electrons. The van der Waals surface area contributed by atoms with E-state index in [0.29, 0.717) is 0 Å². The van der Waals surface area contributed by atoms with Crippen LogP contribution in [0.3, 0.4) is 0 Å². The van der Waals surface area contributed by atoms with Gasteiger partial charge in [0.05, 0.1) is 12.2 Å². The summed E-state index contributed by atoms with van der Waals surface area (Å²) in [7, 11) is 1.61. The molecule has 0 aromatic carbocycles. The highest BCUT2D eigenvalue weighted by molar-refractivity contribution is 5.85. The molecule has 0 aromatic rings.